The number of hydrogen-bond donors (Lipinski definition) is 0. The average molecular weight is 546 g/mol. The van der Waals surface area contributed by atoms with Gasteiger partial charge in [0.1, 0.15) is 24.1 Å². The molecular weight excluding hydrogens is 513 g/mol. The maximum absolute atomic E-state index is 14.9. The van der Waals surface area contributed by atoms with E-state index in [4.69, 9.17) is 21.6 Å². The Hall–Kier alpha value is -3.71. The fourth-order valence-corrected chi connectivity index (χ4v) is 5.74. The average Bonchev–Trinajstić information content (AvgIpc) is 2.93. The molecule has 0 radical (unpaired) electrons. The number of piperazine rings is 1. The Bertz CT molecular complexity index is 1450. The van der Waals surface area contributed by atoms with Crippen LogP contribution in [0.2, 0.25) is 5.02 Å². The van der Waals surface area contributed by atoms with E-state index in [2.05, 4.69) is 49.3 Å². The summed E-state index contributed by atoms with van der Waals surface area (Å²) < 4.78 is 14.9. The summed E-state index contributed by atoms with van der Waals surface area (Å²) in [5, 5.41) is 0.353. The molecule has 0 unspecified atom stereocenters. The summed E-state index contributed by atoms with van der Waals surface area (Å²) in [4.78, 5) is 28.7. The molecule has 202 valence electrons. The number of hydrogen-bond acceptors (Lipinski definition) is 5. The molecule has 0 spiro atoms. The molecule has 1 amide bonds. The molecule has 3 heterocycles. The van der Waals surface area contributed by atoms with E-state index in [0.29, 0.717) is 41.9 Å². The van der Waals surface area contributed by atoms with Gasteiger partial charge >= 0.3 is 0 Å². The summed E-state index contributed by atoms with van der Waals surface area (Å²) >= 11 is 6.81. The van der Waals surface area contributed by atoms with Crippen molar-refractivity contribution < 1.29 is 9.18 Å². The lowest BCUT2D eigenvalue weighted by Gasteiger charge is -2.46. The van der Waals surface area contributed by atoms with Gasteiger partial charge in [-0.05, 0) is 55.7 Å². The molecule has 0 aliphatic carbocycles. The standard InChI is InChI=1S/C31H33ClFN5O/c1-6-28(39)36-16-21(5)37(17-20(36)4)30-24-15-25(32)29(23-12-7-9-13-26(23)33)35-31(24)38(18-34-30)27-14-10-8-11-22(27)19(2)3/h6-15,19-21H,1,16-18H2,2-5H3/t20-,21+/m1/s1. The number of anilines is 2. The van der Waals surface area contributed by atoms with Gasteiger partial charge in [0, 0.05) is 36.4 Å². The first-order chi connectivity index (χ1) is 18.7. The van der Waals surface area contributed by atoms with E-state index < -0.39 is 0 Å². The van der Waals surface area contributed by atoms with Gasteiger partial charge in [0.2, 0.25) is 5.91 Å². The fraction of sp³-hybridized carbons (Fsp3) is 0.323. The summed E-state index contributed by atoms with van der Waals surface area (Å²) in [5.41, 5.74) is 3.71. The molecule has 1 saturated heterocycles. The lowest BCUT2D eigenvalue weighted by atomic mass is 9.99. The number of aliphatic imine (C=N–C) groups is 1. The van der Waals surface area contributed by atoms with Crippen molar-refractivity contribution in [3.63, 3.8) is 0 Å². The first-order valence-corrected chi connectivity index (χ1v) is 13.7. The number of halogens is 2. The number of carbonyl (C=O) groups is 1. The zero-order valence-electron chi connectivity index (χ0n) is 22.7. The van der Waals surface area contributed by atoms with Crippen molar-refractivity contribution in [3.8, 4) is 11.3 Å². The predicted octanol–water partition coefficient (Wildman–Crippen LogP) is 6.63. The van der Waals surface area contributed by atoms with Crippen molar-refractivity contribution in [3.05, 3.63) is 89.2 Å². The van der Waals surface area contributed by atoms with Gasteiger partial charge in [-0.25, -0.2) is 14.4 Å². The van der Waals surface area contributed by atoms with Gasteiger partial charge < -0.3 is 14.7 Å². The third-order valence-corrected chi connectivity index (χ3v) is 7.80. The Morgan fingerprint density at radius 1 is 1.08 bits per heavy atom. The molecular formula is C31H33ClFN5O. The van der Waals surface area contributed by atoms with Crippen LogP contribution in [0, 0.1) is 5.82 Å². The van der Waals surface area contributed by atoms with Crippen LogP contribution >= 0.6 is 11.6 Å². The Balaban J connectivity index is 1.65. The van der Waals surface area contributed by atoms with Gasteiger partial charge in [0.05, 0.1) is 16.3 Å². The first kappa shape index (κ1) is 26.9. The number of fused-ring (bicyclic) bond motifs is 1. The highest BCUT2D eigenvalue weighted by atomic mass is 35.5. The van der Waals surface area contributed by atoms with E-state index in [0.717, 1.165) is 17.1 Å². The lowest BCUT2D eigenvalue weighted by Crippen LogP contribution is -2.59. The van der Waals surface area contributed by atoms with Crippen LogP contribution in [0.15, 0.2) is 72.2 Å². The van der Waals surface area contributed by atoms with Crippen LogP contribution in [-0.4, -0.2) is 58.4 Å². The molecule has 2 aromatic carbocycles. The topological polar surface area (TPSA) is 52.0 Å². The summed E-state index contributed by atoms with van der Waals surface area (Å²) in [7, 11) is 0. The molecule has 3 aromatic rings. The summed E-state index contributed by atoms with van der Waals surface area (Å²) in [5.74, 6) is 1.29. The number of amidine groups is 1. The Labute approximate surface area is 234 Å². The van der Waals surface area contributed by atoms with Crippen LogP contribution in [0.4, 0.5) is 15.9 Å². The second-order valence-electron chi connectivity index (χ2n) is 10.5. The third kappa shape index (κ3) is 4.91. The Kier molecular flexibility index (Phi) is 7.45. The van der Waals surface area contributed by atoms with Gasteiger partial charge in [0.15, 0.2) is 0 Å². The second-order valence-corrected chi connectivity index (χ2v) is 10.9. The minimum absolute atomic E-state index is 0.0104. The largest absolute Gasteiger partial charge is 0.350 e. The lowest BCUT2D eigenvalue weighted by molar-refractivity contribution is -0.130. The van der Waals surface area contributed by atoms with E-state index in [9.17, 15) is 9.18 Å². The molecule has 39 heavy (non-hydrogen) atoms. The van der Waals surface area contributed by atoms with Crippen molar-refractivity contribution in [2.45, 2.75) is 45.7 Å². The van der Waals surface area contributed by atoms with E-state index in [1.54, 1.807) is 18.2 Å². The fourth-order valence-electron chi connectivity index (χ4n) is 5.48. The van der Waals surface area contributed by atoms with Crippen molar-refractivity contribution in [2.24, 2.45) is 4.99 Å². The number of amides is 1. The van der Waals surface area contributed by atoms with Crippen LogP contribution < -0.4 is 4.90 Å². The number of rotatable bonds is 4. The van der Waals surface area contributed by atoms with E-state index >= 15 is 0 Å². The molecule has 0 saturated carbocycles. The maximum atomic E-state index is 14.9. The molecule has 0 N–H and O–H groups in total. The summed E-state index contributed by atoms with van der Waals surface area (Å²) in [6, 6.07) is 16.6. The van der Waals surface area contributed by atoms with E-state index in [1.807, 2.05) is 30.0 Å². The quantitative estimate of drug-likeness (QED) is 0.345. The smallest absolute Gasteiger partial charge is 0.246 e. The normalized spacial score (nSPS) is 19.2. The Morgan fingerprint density at radius 2 is 1.79 bits per heavy atom. The molecule has 2 aliphatic heterocycles. The molecule has 2 atom stereocenters. The van der Waals surface area contributed by atoms with Gasteiger partial charge in [0.25, 0.3) is 0 Å². The number of para-hydroxylation sites is 1. The Morgan fingerprint density at radius 3 is 2.51 bits per heavy atom. The summed E-state index contributed by atoms with van der Waals surface area (Å²) in [6.45, 7) is 13.6. The zero-order chi connectivity index (χ0) is 27.8. The van der Waals surface area contributed by atoms with Gasteiger partial charge in [-0.3, -0.25) is 4.79 Å². The van der Waals surface area contributed by atoms with E-state index in [1.165, 1.54) is 17.7 Å². The minimum atomic E-state index is -0.379. The highest BCUT2D eigenvalue weighted by Gasteiger charge is 2.37. The van der Waals surface area contributed by atoms with Gasteiger partial charge in [-0.1, -0.05) is 62.4 Å². The number of aromatic nitrogens is 1. The van der Waals surface area contributed by atoms with Crippen molar-refractivity contribution >= 4 is 34.8 Å². The number of carbonyl (C=O) groups excluding carboxylic acids is 1. The molecule has 0 bridgehead atoms. The summed E-state index contributed by atoms with van der Waals surface area (Å²) in [6.07, 6.45) is 1.37. The molecule has 8 heteroatoms. The van der Waals surface area contributed by atoms with Crippen LogP contribution in [-0.2, 0) is 4.79 Å². The predicted molar refractivity (Wildman–Crippen MR) is 156 cm³/mol. The molecule has 2 aliphatic rings. The molecule has 1 fully saturated rings. The highest BCUT2D eigenvalue weighted by molar-refractivity contribution is 6.33. The monoisotopic (exact) mass is 545 g/mol. The number of nitrogens with zero attached hydrogens (tertiary/aromatic N) is 5. The van der Waals surface area contributed by atoms with Crippen molar-refractivity contribution in [2.75, 3.05) is 24.7 Å². The van der Waals surface area contributed by atoms with Gasteiger partial charge in [-0.15, -0.1) is 0 Å². The molecule has 1 aromatic heterocycles. The van der Waals surface area contributed by atoms with Crippen LogP contribution in [0.3, 0.4) is 0 Å². The second kappa shape index (κ2) is 10.8. The van der Waals surface area contributed by atoms with Crippen LogP contribution in [0.5, 0.6) is 0 Å². The van der Waals surface area contributed by atoms with Crippen LogP contribution in [0.25, 0.3) is 11.3 Å². The van der Waals surface area contributed by atoms with Crippen molar-refractivity contribution in [1.82, 2.24) is 14.8 Å². The number of pyridine rings is 1. The minimum Gasteiger partial charge on any atom is -0.350 e. The molecule has 6 nitrogen and oxygen atoms in total. The number of benzene rings is 2. The first-order valence-electron chi connectivity index (χ1n) is 13.3. The highest BCUT2D eigenvalue weighted by Crippen LogP contribution is 2.40. The SMILES string of the molecule is C=CC(=O)N1C[C@H](C)N(C2=NCN(c3ccccc3C(C)C)c3nc(-c4ccccc4F)c(Cl)cc32)C[C@H]1C. The third-order valence-electron chi connectivity index (χ3n) is 7.51. The molecule has 5 rings (SSSR count). The maximum Gasteiger partial charge on any atom is 0.246 e. The van der Waals surface area contributed by atoms with Crippen LogP contribution in [0.1, 0.15) is 44.7 Å². The van der Waals surface area contributed by atoms with Crippen molar-refractivity contribution in [1.29, 1.82) is 0 Å². The zero-order valence-corrected chi connectivity index (χ0v) is 23.5. The van der Waals surface area contributed by atoms with Gasteiger partial charge in [-0.2, -0.15) is 0 Å². The van der Waals surface area contributed by atoms with E-state index in [-0.39, 0.29) is 29.7 Å².